The monoisotopic (exact) mass is 206 g/mol. The van der Waals surface area contributed by atoms with Gasteiger partial charge in [-0.2, -0.15) is 0 Å². The van der Waals surface area contributed by atoms with Crippen LogP contribution in [0.25, 0.3) is 0 Å². The van der Waals surface area contributed by atoms with E-state index in [1.54, 1.807) is 20.8 Å². The van der Waals surface area contributed by atoms with Gasteiger partial charge in [-0.1, -0.05) is 20.8 Å². The molecule has 0 amide bonds. The van der Waals surface area contributed by atoms with Crippen molar-refractivity contribution >= 4 is 0 Å². The topological polar surface area (TPSA) is 23.1 Å². The van der Waals surface area contributed by atoms with Gasteiger partial charge in [-0.05, 0) is 0 Å². The second kappa shape index (κ2) is 3.95. The van der Waals surface area contributed by atoms with E-state index in [1.807, 2.05) is 0 Å². The fourth-order valence-corrected chi connectivity index (χ4v) is 0. The molecule has 0 aromatic carbocycles. The standard InChI is InChI=1S/C4H9O.Cs/c1-4(2,3)5;/h1-3H3;/q-1;+1. The van der Waals surface area contributed by atoms with Crippen molar-refractivity contribution < 1.29 is 74.0 Å². The minimum Gasteiger partial charge on any atom is -0.850 e. The SMILES string of the molecule is CC(C)(C)[O-].[Cs+]. The summed E-state index contributed by atoms with van der Waals surface area (Å²) in [6.45, 7) is 4.90. The van der Waals surface area contributed by atoms with Crippen LogP contribution in [0.15, 0.2) is 0 Å². The molecule has 0 spiro atoms. The third kappa shape index (κ3) is 37.3. The molecule has 0 aliphatic rings. The predicted molar refractivity (Wildman–Crippen MR) is 19.8 cm³/mol. The van der Waals surface area contributed by atoms with Gasteiger partial charge in [0.2, 0.25) is 0 Å². The van der Waals surface area contributed by atoms with Crippen LogP contribution in [0.4, 0.5) is 0 Å². The van der Waals surface area contributed by atoms with E-state index in [-0.39, 0.29) is 68.9 Å². The van der Waals surface area contributed by atoms with Crippen molar-refractivity contribution in [2.75, 3.05) is 0 Å². The molecular formula is C4H9CsO. The Hall–Kier alpha value is 2.01. The van der Waals surface area contributed by atoms with Crippen molar-refractivity contribution in [2.24, 2.45) is 0 Å². The molecule has 0 N–H and O–H groups in total. The van der Waals surface area contributed by atoms with Crippen molar-refractivity contribution in [2.45, 2.75) is 26.4 Å². The van der Waals surface area contributed by atoms with Gasteiger partial charge in [-0.25, -0.2) is 0 Å². The maximum atomic E-state index is 10.1. The second-order valence-corrected chi connectivity index (χ2v) is 2.11. The van der Waals surface area contributed by atoms with E-state index >= 15 is 0 Å². The second-order valence-electron chi connectivity index (χ2n) is 2.11. The van der Waals surface area contributed by atoms with Crippen molar-refractivity contribution in [3.05, 3.63) is 0 Å². The smallest absolute Gasteiger partial charge is 0.850 e. The molecule has 0 heterocycles. The van der Waals surface area contributed by atoms with Gasteiger partial charge in [-0.15, -0.1) is 5.60 Å². The molecule has 0 aromatic heterocycles. The van der Waals surface area contributed by atoms with Gasteiger partial charge in [0, 0.05) is 0 Å². The third-order valence-electron chi connectivity index (χ3n) is 0. The summed E-state index contributed by atoms with van der Waals surface area (Å²) in [4.78, 5) is 0. The normalized spacial score (nSPS) is 10.0. The van der Waals surface area contributed by atoms with Crippen LogP contribution in [0, 0.1) is 0 Å². The van der Waals surface area contributed by atoms with Crippen LogP contribution in [0.3, 0.4) is 0 Å². The molecule has 1 nitrogen and oxygen atoms in total. The molecule has 6 heavy (non-hydrogen) atoms. The molecule has 0 unspecified atom stereocenters. The van der Waals surface area contributed by atoms with Gasteiger partial charge in [0.25, 0.3) is 0 Å². The summed E-state index contributed by atoms with van der Waals surface area (Å²) in [5.74, 6) is 0. The fourth-order valence-electron chi connectivity index (χ4n) is 0. The molecule has 0 bridgehead atoms. The first-order valence-corrected chi connectivity index (χ1v) is 1.70. The summed E-state index contributed by atoms with van der Waals surface area (Å²) < 4.78 is 0. The largest absolute Gasteiger partial charge is 1.00 e. The Kier molecular flexibility index (Phi) is 7.17. The first-order chi connectivity index (χ1) is 2.00. The molecule has 0 aliphatic carbocycles. The predicted octanol–water partition coefficient (Wildman–Crippen LogP) is -2.85. The number of hydrogen-bond donors (Lipinski definition) is 0. The summed E-state index contributed by atoms with van der Waals surface area (Å²) in [5.41, 5.74) is -0.750. The molecule has 32 valence electrons. The molecule has 0 saturated carbocycles. The molecule has 0 atom stereocenters. The zero-order valence-electron chi connectivity index (χ0n) is 4.91. The van der Waals surface area contributed by atoms with E-state index in [4.69, 9.17) is 0 Å². The Morgan fingerprint density at radius 3 is 1.17 bits per heavy atom. The van der Waals surface area contributed by atoms with Gasteiger partial charge in [0.15, 0.2) is 0 Å². The zero-order valence-corrected chi connectivity index (χ0v) is 11.2. The van der Waals surface area contributed by atoms with Crippen molar-refractivity contribution in [1.29, 1.82) is 0 Å². The Morgan fingerprint density at radius 1 is 1.17 bits per heavy atom. The van der Waals surface area contributed by atoms with E-state index in [9.17, 15) is 5.11 Å². The van der Waals surface area contributed by atoms with Crippen molar-refractivity contribution in [1.82, 2.24) is 0 Å². The summed E-state index contributed by atoms with van der Waals surface area (Å²) >= 11 is 0. The minimum atomic E-state index is -0.750. The van der Waals surface area contributed by atoms with Crippen LogP contribution in [0.2, 0.25) is 0 Å². The molecule has 0 fully saturated rings. The molecule has 0 aliphatic heterocycles. The molecule has 0 radical (unpaired) electrons. The van der Waals surface area contributed by atoms with E-state index < -0.39 is 5.60 Å². The van der Waals surface area contributed by atoms with Crippen LogP contribution < -0.4 is 74.0 Å². The maximum absolute atomic E-state index is 10.1. The number of rotatable bonds is 0. The van der Waals surface area contributed by atoms with Gasteiger partial charge < -0.3 is 5.11 Å². The van der Waals surface area contributed by atoms with Crippen LogP contribution in [-0.2, 0) is 0 Å². The average molecular weight is 206 g/mol. The van der Waals surface area contributed by atoms with Gasteiger partial charge in [0.1, 0.15) is 0 Å². The van der Waals surface area contributed by atoms with Crippen molar-refractivity contribution in [3.8, 4) is 0 Å². The Balaban J connectivity index is 0. The van der Waals surface area contributed by atoms with Crippen molar-refractivity contribution in [3.63, 3.8) is 0 Å². The molecule has 0 aromatic rings. The summed E-state index contributed by atoms with van der Waals surface area (Å²) in [7, 11) is 0. The first-order valence-electron chi connectivity index (χ1n) is 1.70. The van der Waals surface area contributed by atoms with Crippen LogP contribution in [0.1, 0.15) is 20.8 Å². The molecule has 0 rings (SSSR count). The Bertz CT molecular complexity index is 23.0. The first kappa shape index (κ1) is 10.9. The minimum absolute atomic E-state index is 0. The van der Waals surface area contributed by atoms with E-state index in [0.717, 1.165) is 0 Å². The van der Waals surface area contributed by atoms with Gasteiger partial charge >= 0.3 is 68.9 Å². The quantitative estimate of drug-likeness (QED) is 0.418. The summed E-state index contributed by atoms with van der Waals surface area (Å²) in [6, 6.07) is 0. The summed E-state index contributed by atoms with van der Waals surface area (Å²) in [6.07, 6.45) is 0. The molecule has 2 heteroatoms. The fraction of sp³-hybridized carbons (Fsp3) is 1.00. The maximum Gasteiger partial charge on any atom is 1.00 e. The average Bonchev–Trinajstić information content (AvgIpc) is 0.722. The Labute approximate surface area is 97.9 Å². The van der Waals surface area contributed by atoms with Gasteiger partial charge in [-0.3, -0.25) is 0 Å². The molecule has 0 saturated heterocycles. The van der Waals surface area contributed by atoms with E-state index in [1.165, 1.54) is 0 Å². The van der Waals surface area contributed by atoms with Gasteiger partial charge in [0.05, 0.1) is 0 Å². The van der Waals surface area contributed by atoms with Crippen LogP contribution >= 0.6 is 0 Å². The molecular weight excluding hydrogens is 197 g/mol. The third-order valence-corrected chi connectivity index (χ3v) is 0. The number of hydrogen-bond acceptors (Lipinski definition) is 1. The Morgan fingerprint density at radius 2 is 1.17 bits per heavy atom. The van der Waals surface area contributed by atoms with Crippen LogP contribution in [0.5, 0.6) is 0 Å². The van der Waals surface area contributed by atoms with E-state index in [0.29, 0.717) is 0 Å². The van der Waals surface area contributed by atoms with Crippen LogP contribution in [-0.4, -0.2) is 5.60 Å². The van der Waals surface area contributed by atoms with E-state index in [2.05, 4.69) is 0 Å². The zero-order chi connectivity index (χ0) is 4.50. The summed E-state index contributed by atoms with van der Waals surface area (Å²) in [5, 5.41) is 10.1.